The maximum atomic E-state index is 12.6. The molecule has 1 aliphatic heterocycles. The summed E-state index contributed by atoms with van der Waals surface area (Å²) in [5.41, 5.74) is 0. The summed E-state index contributed by atoms with van der Waals surface area (Å²) in [6, 6.07) is 4.12. The van der Waals surface area contributed by atoms with Gasteiger partial charge in [-0.05, 0) is 43.7 Å². The van der Waals surface area contributed by atoms with Crippen LogP contribution in [0.2, 0.25) is 5.02 Å². The van der Waals surface area contributed by atoms with Crippen molar-refractivity contribution in [1.82, 2.24) is 9.88 Å². The molecule has 3 rings (SSSR count). The number of carbonyl (C=O) groups excluding carboxylic acids is 1. The van der Waals surface area contributed by atoms with Crippen molar-refractivity contribution >= 4 is 29.3 Å². The first-order valence-electron chi connectivity index (χ1n) is 7.78. The highest BCUT2D eigenvalue weighted by Crippen LogP contribution is 2.36. The molecule has 1 amide bonds. The fraction of sp³-hybridized carbons (Fsp3) is 0.625. The predicted molar refractivity (Wildman–Crippen MR) is 86.7 cm³/mol. The van der Waals surface area contributed by atoms with Gasteiger partial charge in [0.25, 0.3) is 0 Å². The van der Waals surface area contributed by atoms with Crippen molar-refractivity contribution < 1.29 is 4.79 Å². The Morgan fingerprint density at radius 2 is 2.14 bits per heavy atom. The predicted octanol–water partition coefficient (Wildman–Crippen LogP) is 4.01. The number of hydrogen-bond donors (Lipinski definition) is 0. The van der Waals surface area contributed by atoms with Gasteiger partial charge in [-0.25, -0.2) is 4.98 Å². The summed E-state index contributed by atoms with van der Waals surface area (Å²) in [6.07, 6.45) is 9.26. The van der Waals surface area contributed by atoms with Crippen LogP contribution in [0, 0.1) is 5.92 Å². The standard InChI is InChI=1S/C16H21ClN2OS/c17-13-7-3-9-18-16(13)21-11-15(20)19-10-4-6-12-5-1-2-8-14(12)19/h3,7,9,12,14H,1-2,4-6,8,10-11H2. The molecule has 1 aromatic heterocycles. The van der Waals surface area contributed by atoms with Crippen molar-refractivity contribution in [2.24, 2.45) is 5.92 Å². The molecule has 2 unspecified atom stereocenters. The van der Waals surface area contributed by atoms with Crippen LogP contribution in [0.3, 0.4) is 0 Å². The topological polar surface area (TPSA) is 33.2 Å². The SMILES string of the molecule is O=C(CSc1ncccc1Cl)N1CCCC2CCCCC21. The van der Waals surface area contributed by atoms with E-state index in [1.807, 2.05) is 12.1 Å². The van der Waals surface area contributed by atoms with Crippen LogP contribution in [0.1, 0.15) is 38.5 Å². The molecular weight excluding hydrogens is 304 g/mol. The quantitative estimate of drug-likeness (QED) is 0.788. The van der Waals surface area contributed by atoms with Crippen LogP contribution in [0.5, 0.6) is 0 Å². The van der Waals surface area contributed by atoms with E-state index < -0.39 is 0 Å². The fourth-order valence-corrected chi connectivity index (χ4v) is 4.68. The zero-order chi connectivity index (χ0) is 14.7. The van der Waals surface area contributed by atoms with Crippen molar-refractivity contribution in [3.8, 4) is 0 Å². The number of thioether (sulfide) groups is 1. The molecule has 0 radical (unpaired) electrons. The normalized spacial score (nSPS) is 25.5. The molecule has 1 aromatic rings. The zero-order valence-corrected chi connectivity index (χ0v) is 13.7. The Hall–Kier alpha value is -0.740. The number of fused-ring (bicyclic) bond motifs is 1. The van der Waals surface area contributed by atoms with Gasteiger partial charge in [0.1, 0.15) is 5.03 Å². The highest BCUT2D eigenvalue weighted by molar-refractivity contribution is 8.00. The average Bonchev–Trinajstić information content (AvgIpc) is 2.53. The third kappa shape index (κ3) is 3.54. The van der Waals surface area contributed by atoms with E-state index in [0.29, 0.717) is 16.8 Å². The van der Waals surface area contributed by atoms with Crippen molar-refractivity contribution in [3.63, 3.8) is 0 Å². The Kier molecular flexibility index (Phi) is 5.07. The van der Waals surface area contributed by atoms with Crippen LogP contribution < -0.4 is 0 Å². The van der Waals surface area contributed by atoms with Gasteiger partial charge >= 0.3 is 0 Å². The Bertz CT molecular complexity index is 509. The lowest BCUT2D eigenvalue weighted by Crippen LogP contribution is -2.50. The third-order valence-electron chi connectivity index (χ3n) is 4.62. The molecule has 114 valence electrons. The van der Waals surface area contributed by atoms with Gasteiger partial charge in [0.2, 0.25) is 5.91 Å². The van der Waals surface area contributed by atoms with Gasteiger partial charge in [-0.15, -0.1) is 0 Å². The summed E-state index contributed by atoms with van der Waals surface area (Å²) >= 11 is 7.55. The molecule has 0 aromatic carbocycles. The molecule has 1 saturated carbocycles. The number of hydrogen-bond acceptors (Lipinski definition) is 3. The minimum absolute atomic E-state index is 0.248. The highest BCUT2D eigenvalue weighted by atomic mass is 35.5. The molecule has 0 spiro atoms. The summed E-state index contributed by atoms with van der Waals surface area (Å²) in [6.45, 7) is 0.927. The van der Waals surface area contributed by atoms with Gasteiger partial charge in [-0.1, -0.05) is 36.2 Å². The van der Waals surface area contributed by atoms with Crippen LogP contribution in [0.15, 0.2) is 23.4 Å². The summed E-state index contributed by atoms with van der Waals surface area (Å²) < 4.78 is 0. The van der Waals surface area contributed by atoms with Crippen LogP contribution in [-0.4, -0.2) is 34.1 Å². The Morgan fingerprint density at radius 1 is 1.33 bits per heavy atom. The van der Waals surface area contributed by atoms with Crippen LogP contribution in [-0.2, 0) is 4.79 Å². The molecule has 2 atom stereocenters. The van der Waals surface area contributed by atoms with Crippen LogP contribution >= 0.6 is 23.4 Å². The van der Waals surface area contributed by atoms with Crippen LogP contribution in [0.4, 0.5) is 0 Å². The molecule has 3 nitrogen and oxygen atoms in total. The van der Waals surface area contributed by atoms with Crippen molar-refractivity contribution in [2.75, 3.05) is 12.3 Å². The minimum atomic E-state index is 0.248. The lowest BCUT2D eigenvalue weighted by atomic mass is 9.78. The lowest BCUT2D eigenvalue weighted by molar-refractivity contribution is -0.134. The van der Waals surface area contributed by atoms with Crippen molar-refractivity contribution in [3.05, 3.63) is 23.4 Å². The maximum absolute atomic E-state index is 12.6. The Labute approximate surface area is 135 Å². The van der Waals surface area contributed by atoms with E-state index in [9.17, 15) is 4.79 Å². The molecule has 2 fully saturated rings. The molecule has 2 heterocycles. The molecule has 5 heteroatoms. The highest BCUT2D eigenvalue weighted by Gasteiger charge is 2.35. The summed E-state index contributed by atoms with van der Waals surface area (Å²) in [5, 5.41) is 1.38. The van der Waals surface area contributed by atoms with Gasteiger partial charge < -0.3 is 4.90 Å². The Morgan fingerprint density at radius 3 is 3.00 bits per heavy atom. The van der Waals surface area contributed by atoms with Crippen molar-refractivity contribution in [1.29, 1.82) is 0 Å². The van der Waals surface area contributed by atoms with E-state index in [4.69, 9.17) is 11.6 Å². The minimum Gasteiger partial charge on any atom is -0.339 e. The second-order valence-electron chi connectivity index (χ2n) is 5.92. The first kappa shape index (κ1) is 15.2. The van der Waals surface area contributed by atoms with E-state index in [-0.39, 0.29) is 5.91 Å². The second kappa shape index (κ2) is 7.01. The molecule has 21 heavy (non-hydrogen) atoms. The number of aromatic nitrogens is 1. The number of piperidine rings is 1. The van der Waals surface area contributed by atoms with Gasteiger partial charge in [-0.3, -0.25) is 4.79 Å². The number of nitrogens with zero attached hydrogens (tertiary/aromatic N) is 2. The van der Waals surface area contributed by atoms with Crippen LogP contribution in [0.25, 0.3) is 0 Å². The smallest absolute Gasteiger partial charge is 0.233 e. The van der Waals surface area contributed by atoms with E-state index in [0.717, 1.165) is 23.9 Å². The first-order chi connectivity index (χ1) is 10.3. The number of pyridine rings is 1. The third-order valence-corrected chi connectivity index (χ3v) is 6.03. The molecule has 1 aliphatic carbocycles. The summed E-state index contributed by atoms with van der Waals surface area (Å²) in [5.74, 6) is 1.43. The second-order valence-corrected chi connectivity index (χ2v) is 7.29. The van der Waals surface area contributed by atoms with Crippen molar-refractivity contribution in [2.45, 2.75) is 49.6 Å². The van der Waals surface area contributed by atoms with E-state index >= 15 is 0 Å². The lowest BCUT2D eigenvalue weighted by Gasteiger charge is -2.44. The molecule has 0 N–H and O–H groups in total. The first-order valence-corrected chi connectivity index (χ1v) is 9.15. The van der Waals surface area contributed by atoms with E-state index in [1.54, 1.807) is 6.20 Å². The monoisotopic (exact) mass is 324 g/mol. The number of rotatable bonds is 3. The molecule has 2 aliphatic rings. The average molecular weight is 325 g/mol. The van der Waals surface area contributed by atoms with Gasteiger partial charge in [0.05, 0.1) is 10.8 Å². The maximum Gasteiger partial charge on any atom is 0.233 e. The van der Waals surface area contributed by atoms with Gasteiger partial charge in [-0.2, -0.15) is 0 Å². The summed E-state index contributed by atoms with van der Waals surface area (Å²) in [7, 11) is 0. The largest absolute Gasteiger partial charge is 0.339 e. The summed E-state index contributed by atoms with van der Waals surface area (Å²) in [4.78, 5) is 18.9. The number of halogens is 1. The Balaban J connectivity index is 1.60. The van der Waals surface area contributed by atoms with Gasteiger partial charge in [0.15, 0.2) is 0 Å². The fourth-order valence-electron chi connectivity index (χ4n) is 3.62. The molecule has 1 saturated heterocycles. The van der Waals surface area contributed by atoms with E-state index in [2.05, 4.69) is 9.88 Å². The zero-order valence-electron chi connectivity index (χ0n) is 12.1. The van der Waals surface area contributed by atoms with Gasteiger partial charge in [0, 0.05) is 18.8 Å². The number of carbonyl (C=O) groups is 1. The number of likely N-dealkylation sites (tertiary alicyclic amines) is 1. The van der Waals surface area contributed by atoms with E-state index in [1.165, 1.54) is 43.9 Å². The molecular formula is C16H21ClN2OS. The molecule has 0 bridgehead atoms. The number of amides is 1.